The fourth-order valence-electron chi connectivity index (χ4n) is 2.78. The molecule has 0 saturated heterocycles. The van der Waals surface area contributed by atoms with Gasteiger partial charge in [0, 0.05) is 4.90 Å². The third-order valence-corrected chi connectivity index (χ3v) is 6.70. The summed E-state index contributed by atoms with van der Waals surface area (Å²) in [6.07, 6.45) is 0. The number of amides is 2. The third-order valence-electron chi connectivity index (χ3n) is 4.34. The van der Waals surface area contributed by atoms with Crippen LogP contribution in [-0.2, 0) is 10.0 Å². The van der Waals surface area contributed by atoms with Gasteiger partial charge in [-0.25, -0.2) is 17.9 Å². The van der Waals surface area contributed by atoms with E-state index in [0.717, 1.165) is 11.3 Å². The number of carbonyl (C=O) groups is 1. The van der Waals surface area contributed by atoms with Crippen molar-refractivity contribution >= 4 is 33.5 Å². The summed E-state index contributed by atoms with van der Waals surface area (Å²) in [4.78, 5) is 13.1. The molecule has 11 heteroatoms. The summed E-state index contributed by atoms with van der Waals surface area (Å²) in [5.74, 6) is 0. The number of benzene rings is 3. The van der Waals surface area contributed by atoms with Crippen LogP contribution in [0.1, 0.15) is 5.56 Å². The average molecular weight is 467 g/mol. The van der Waals surface area contributed by atoms with Crippen LogP contribution in [0.15, 0.2) is 93.8 Å². The standard InChI is InChI=1S/C21H18N6O3S2/c1-15-11-13-17(14-12-15)32(29,30)24-20(28)22-18-9-5-6-10-19(18)31-21-23-25-26-27(21)16-7-3-2-4-8-16/h2-14H,1H3,(H2,22,24,28). The number of hydrogen-bond donors (Lipinski definition) is 2. The Labute approximate surface area is 188 Å². The van der Waals surface area contributed by atoms with Crippen molar-refractivity contribution in [1.82, 2.24) is 24.9 Å². The molecule has 0 unspecified atom stereocenters. The first-order valence-electron chi connectivity index (χ1n) is 9.43. The molecule has 0 aliphatic rings. The molecule has 1 aromatic heterocycles. The maximum atomic E-state index is 12.5. The Balaban J connectivity index is 1.52. The molecule has 0 fully saturated rings. The molecule has 3 aromatic carbocycles. The fraction of sp³-hybridized carbons (Fsp3) is 0.0476. The summed E-state index contributed by atoms with van der Waals surface area (Å²) in [6, 6.07) is 21.7. The highest BCUT2D eigenvalue weighted by atomic mass is 32.2. The molecule has 0 aliphatic carbocycles. The van der Waals surface area contributed by atoms with E-state index in [-0.39, 0.29) is 4.90 Å². The van der Waals surface area contributed by atoms with Crippen LogP contribution in [0.5, 0.6) is 0 Å². The average Bonchev–Trinajstić information content (AvgIpc) is 3.24. The van der Waals surface area contributed by atoms with Crippen molar-refractivity contribution in [1.29, 1.82) is 0 Å². The number of anilines is 1. The van der Waals surface area contributed by atoms with Crippen LogP contribution in [0, 0.1) is 6.92 Å². The number of carbonyl (C=O) groups excluding carboxylic acids is 1. The van der Waals surface area contributed by atoms with Gasteiger partial charge in [0.1, 0.15) is 0 Å². The van der Waals surface area contributed by atoms with E-state index < -0.39 is 16.1 Å². The Morgan fingerprint density at radius 1 is 0.938 bits per heavy atom. The topological polar surface area (TPSA) is 119 Å². The smallest absolute Gasteiger partial charge is 0.306 e. The number of sulfonamides is 1. The van der Waals surface area contributed by atoms with Gasteiger partial charge in [-0.2, -0.15) is 4.68 Å². The van der Waals surface area contributed by atoms with Gasteiger partial charge in [-0.1, -0.05) is 48.0 Å². The van der Waals surface area contributed by atoms with Gasteiger partial charge in [0.25, 0.3) is 10.0 Å². The van der Waals surface area contributed by atoms with E-state index in [2.05, 4.69) is 20.8 Å². The monoisotopic (exact) mass is 466 g/mol. The Hall–Kier alpha value is -3.70. The first-order chi connectivity index (χ1) is 15.4. The zero-order valence-corrected chi connectivity index (χ0v) is 18.5. The van der Waals surface area contributed by atoms with Gasteiger partial charge in [0.15, 0.2) is 0 Å². The number of tetrazole rings is 1. The molecule has 0 bridgehead atoms. The minimum Gasteiger partial charge on any atom is -0.306 e. The Kier molecular flexibility index (Phi) is 6.19. The van der Waals surface area contributed by atoms with E-state index >= 15 is 0 Å². The number of aryl methyl sites for hydroxylation is 1. The van der Waals surface area contributed by atoms with E-state index in [4.69, 9.17) is 0 Å². The fourth-order valence-corrected chi connectivity index (χ4v) is 4.56. The van der Waals surface area contributed by atoms with E-state index in [1.165, 1.54) is 23.9 Å². The molecule has 2 N–H and O–H groups in total. The molecule has 162 valence electrons. The second-order valence-electron chi connectivity index (χ2n) is 6.68. The van der Waals surface area contributed by atoms with Gasteiger partial charge in [0.05, 0.1) is 16.3 Å². The Bertz CT molecular complexity index is 1340. The van der Waals surface area contributed by atoms with E-state index in [1.807, 2.05) is 42.0 Å². The SMILES string of the molecule is Cc1ccc(S(=O)(=O)NC(=O)Nc2ccccc2Sc2nnnn2-c2ccccc2)cc1. The lowest BCUT2D eigenvalue weighted by Crippen LogP contribution is -2.34. The molecule has 32 heavy (non-hydrogen) atoms. The first-order valence-corrected chi connectivity index (χ1v) is 11.7. The second kappa shape index (κ2) is 9.20. The summed E-state index contributed by atoms with van der Waals surface area (Å²) in [5.41, 5.74) is 2.11. The molecule has 0 radical (unpaired) electrons. The summed E-state index contributed by atoms with van der Waals surface area (Å²) in [5, 5.41) is 14.9. The maximum Gasteiger partial charge on any atom is 0.333 e. The zero-order valence-electron chi connectivity index (χ0n) is 16.8. The molecule has 0 saturated carbocycles. The largest absolute Gasteiger partial charge is 0.333 e. The zero-order chi connectivity index (χ0) is 22.6. The van der Waals surface area contributed by atoms with Crippen LogP contribution in [0.2, 0.25) is 0 Å². The predicted octanol–water partition coefficient (Wildman–Crippen LogP) is 3.63. The van der Waals surface area contributed by atoms with Crippen molar-refractivity contribution in [3.8, 4) is 5.69 Å². The van der Waals surface area contributed by atoms with Crippen molar-refractivity contribution in [2.75, 3.05) is 5.32 Å². The molecular formula is C21H18N6O3S2. The molecule has 0 spiro atoms. The van der Waals surface area contributed by atoms with E-state index in [9.17, 15) is 13.2 Å². The Morgan fingerprint density at radius 3 is 2.38 bits per heavy atom. The molecule has 9 nitrogen and oxygen atoms in total. The van der Waals surface area contributed by atoms with Crippen LogP contribution >= 0.6 is 11.8 Å². The molecule has 4 rings (SSSR count). The lowest BCUT2D eigenvalue weighted by atomic mass is 10.2. The van der Waals surface area contributed by atoms with Crippen LogP contribution < -0.4 is 10.0 Å². The van der Waals surface area contributed by atoms with Gasteiger partial charge < -0.3 is 5.32 Å². The number of rotatable bonds is 6. The molecule has 4 aromatic rings. The highest BCUT2D eigenvalue weighted by Gasteiger charge is 2.19. The number of urea groups is 1. The number of hydrogen-bond acceptors (Lipinski definition) is 7. The van der Waals surface area contributed by atoms with Crippen LogP contribution in [0.25, 0.3) is 5.69 Å². The van der Waals surface area contributed by atoms with E-state index in [1.54, 1.807) is 41.1 Å². The first kappa shape index (κ1) is 21.5. The normalized spacial score (nSPS) is 11.2. The number of para-hydroxylation sites is 2. The molecule has 2 amide bonds. The third kappa shape index (κ3) is 4.95. The quantitative estimate of drug-likeness (QED) is 0.445. The number of aromatic nitrogens is 4. The lowest BCUT2D eigenvalue weighted by Gasteiger charge is -2.12. The lowest BCUT2D eigenvalue weighted by molar-refractivity contribution is 0.256. The summed E-state index contributed by atoms with van der Waals surface area (Å²) < 4.78 is 28.6. The summed E-state index contributed by atoms with van der Waals surface area (Å²) in [7, 11) is -4.01. The van der Waals surface area contributed by atoms with Gasteiger partial charge in [-0.05, 0) is 65.5 Å². The highest BCUT2D eigenvalue weighted by molar-refractivity contribution is 7.99. The molecule has 1 heterocycles. The minimum atomic E-state index is -4.01. The van der Waals surface area contributed by atoms with Crippen LogP contribution in [-0.4, -0.2) is 34.7 Å². The number of nitrogens with zero attached hydrogens (tertiary/aromatic N) is 4. The van der Waals surface area contributed by atoms with Crippen molar-refractivity contribution in [2.24, 2.45) is 0 Å². The van der Waals surface area contributed by atoms with Gasteiger partial charge in [-0.3, -0.25) is 0 Å². The molecule has 0 aliphatic heterocycles. The van der Waals surface area contributed by atoms with Crippen LogP contribution in [0.3, 0.4) is 0 Å². The predicted molar refractivity (Wildman–Crippen MR) is 120 cm³/mol. The summed E-state index contributed by atoms with van der Waals surface area (Å²) in [6.45, 7) is 1.85. The maximum absolute atomic E-state index is 12.5. The Morgan fingerprint density at radius 2 is 1.62 bits per heavy atom. The van der Waals surface area contributed by atoms with Crippen molar-refractivity contribution in [2.45, 2.75) is 21.9 Å². The van der Waals surface area contributed by atoms with Crippen molar-refractivity contribution in [3.63, 3.8) is 0 Å². The summed E-state index contributed by atoms with van der Waals surface area (Å²) >= 11 is 1.24. The molecular weight excluding hydrogens is 448 g/mol. The van der Waals surface area contributed by atoms with Crippen molar-refractivity contribution in [3.05, 3.63) is 84.4 Å². The number of nitrogens with one attached hydrogen (secondary N) is 2. The van der Waals surface area contributed by atoms with E-state index in [0.29, 0.717) is 15.7 Å². The van der Waals surface area contributed by atoms with Gasteiger partial charge in [0.2, 0.25) is 5.16 Å². The molecule has 0 atom stereocenters. The highest BCUT2D eigenvalue weighted by Crippen LogP contribution is 2.32. The van der Waals surface area contributed by atoms with Gasteiger partial charge in [-0.15, -0.1) is 5.10 Å². The van der Waals surface area contributed by atoms with Crippen molar-refractivity contribution < 1.29 is 13.2 Å². The minimum absolute atomic E-state index is 0.00273. The second-order valence-corrected chi connectivity index (χ2v) is 9.37. The van der Waals surface area contributed by atoms with Crippen LogP contribution in [0.4, 0.5) is 10.5 Å². The van der Waals surface area contributed by atoms with Gasteiger partial charge >= 0.3 is 6.03 Å².